The van der Waals surface area contributed by atoms with E-state index in [1.165, 1.54) is 4.90 Å². The molecule has 0 atom stereocenters. The molecule has 27 heavy (non-hydrogen) atoms. The monoisotopic (exact) mass is 382 g/mol. The summed E-state index contributed by atoms with van der Waals surface area (Å²) in [5.41, 5.74) is 2.89. The third kappa shape index (κ3) is 3.66. The van der Waals surface area contributed by atoms with Crippen LogP contribution in [0.5, 0.6) is 0 Å². The summed E-state index contributed by atoms with van der Waals surface area (Å²) in [4.78, 5) is 44.0. The minimum absolute atomic E-state index is 0.123. The highest BCUT2D eigenvalue weighted by Gasteiger charge is 2.29. The number of hydrogen-bond donors (Lipinski definition) is 2. The number of carbonyl (C=O) groups excluding carboxylic acids is 3. The van der Waals surface area contributed by atoms with Gasteiger partial charge in [-0.25, -0.2) is 0 Å². The molecule has 1 saturated heterocycles. The second kappa shape index (κ2) is 7.40. The third-order valence-corrected chi connectivity index (χ3v) is 5.41. The molecule has 1 aromatic carbocycles. The first-order chi connectivity index (χ1) is 13.1. The number of hydrogen-bond acceptors (Lipinski definition) is 5. The third-order valence-electron chi connectivity index (χ3n) is 4.55. The summed E-state index contributed by atoms with van der Waals surface area (Å²) in [5, 5.41) is 4.74. The molecule has 7 nitrogen and oxygen atoms in total. The zero-order valence-corrected chi connectivity index (χ0v) is 15.3. The van der Waals surface area contributed by atoms with Gasteiger partial charge in [-0.1, -0.05) is 30.0 Å². The van der Waals surface area contributed by atoms with E-state index >= 15 is 0 Å². The highest BCUT2D eigenvalue weighted by Crippen LogP contribution is 2.25. The van der Waals surface area contributed by atoms with Crippen LogP contribution in [0, 0.1) is 0 Å². The number of amides is 3. The second-order valence-electron chi connectivity index (χ2n) is 6.34. The van der Waals surface area contributed by atoms with E-state index in [0.717, 1.165) is 39.3 Å². The van der Waals surface area contributed by atoms with Crippen LogP contribution in [0.4, 0.5) is 4.79 Å². The Labute approximate surface area is 159 Å². The number of nitrogens with zero attached hydrogens (tertiary/aromatic N) is 2. The molecule has 8 heteroatoms. The zero-order valence-electron chi connectivity index (χ0n) is 14.5. The number of fused-ring (bicyclic) bond motifs is 3. The van der Waals surface area contributed by atoms with Crippen molar-refractivity contribution in [2.75, 3.05) is 18.8 Å². The number of aromatic nitrogens is 2. The topological polar surface area (TPSA) is 95.2 Å². The molecule has 1 fully saturated rings. The van der Waals surface area contributed by atoms with Crippen molar-refractivity contribution in [3.63, 3.8) is 0 Å². The molecule has 0 radical (unpaired) electrons. The van der Waals surface area contributed by atoms with Crippen LogP contribution in [-0.4, -0.2) is 50.8 Å². The van der Waals surface area contributed by atoms with Crippen LogP contribution in [0.15, 0.2) is 36.5 Å². The van der Waals surface area contributed by atoms with Gasteiger partial charge in [-0.2, -0.15) is 0 Å². The van der Waals surface area contributed by atoms with Crippen molar-refractivity contribution >= 4 is 50.6 Å². The standard InChI is InChI=1S/C19H18N4O3S/c24-17(20-7-8-23-18(25)11-27-19(23)26)6-5-12-9-14-13-3-1-2-4-15(13)22-16(14)10-21-12/h1-4,9-10,22H,5-8,11H2,(H,20,24). The Morgan fingerprint density at radius 2 is 2.07 bits per heavy atom. The van der Waals surface area contributed by atoms with Crippen LogP contribution in [0.3, 0.4) is 0 Å². The van der Waals surface area contributed by atoms with Gasteiger partial charge in [-0.3, -0.25) is 24.3 Å². The van der Waals surface area contributed by atoms with Crippen molar-refractivity contribution in [3.05, 3.63) is 42.2 Å². The minimum Gasteiger partial charge on any atom is -0.354 e. The number of aryl methyl sites for hydroxylation is 1. The van der Waals surface area contributed by atoms with E-state index in [-0.39, 0.29) is 35.9 Å². The van der Waals surface area contributed by atoms with Crippen molar-refractivity contribution in [2.24, 2.45) is 0 Å². The van der Waals surface area contributed by atoms with E-state index < -0.39 is 0 Å². The Hall–Kier alpha value is -2.87. The van der Waals surface area contributed by atoms with Gasteiger partial charge < -0.3 is 10.3 Å². The van der Waals surface area contributed by atoms with Crippen molar-refractivity contribution in [2.45, 2.75) is 12.8 Å². The smallest absolute Gasteiger partial charge is 0.288 e. The fourth-order valence-corrected chi connectivity index (χ4v) is 3.92. The first-order valence-electron chi connectivity index (χ1n) is 8.71. The lowest BCUT2D eigenvalue weighted by Crippen LogP contribution is -2.37. The largest absolute Gasteiger partial charge is 0.354 e. The van der Waals surface area contributed by atoms with Gasteiger partial charge in [0.1, 0.15) is 0 Å². The van der Waals surface area contributed by atoms with E-state index in [4.69, 9.17) is 0 Å². The molecule has 138 valence electrons. The van der Waals surface area contributed by atoms with Gasteiger partial charge >= 0.3 is 0 Å². The Balaban J connectivity index is 1.33. The Kier molecular flexibility index (Phi) is 4.81. The van der Waals surface area contributed by atoms with Crippen molar-refractivity contribution in [3.8, 4) is 0 Å². The lowest BCUT2D eigenvalue weighted by molar-refractivity contribution is -0.125. The quantitative estimate of drug-likeness (QED) is 0.683. The first-order valence-corrected chi connectivity index (χ1v) is 9.69. The lowest BCUT2D eigenvalue weighted by Gasteiger charge is -2.13. The van der Waals surface area contributed by atoms with E-state index in [2.05, 4.69) is 21.4 Å². The first kappa shape index (κ1) is 17.5. The van der Waals surface area contributed by atoms with Crippen LogP contribution in [0.1, 0.15) is 12.1 Å². The predicted octanol–water partition coefficient (Wildman–Crippen LogP) is 2.46. The van der Waals surface area contributed by atoms with Crippen LogP contribution in [0.25, 0.3) is 21.8 Å². The summed E-state index contributed by atoms with van der Waals surface area (Å²) in [5.74, 6) is -0.132. The molecular formula is C19H18N4O3S. The fraction of sp³-hybridized carbons (Fsp3) is 0.263. The molecule has 3 heterocycles. The van der Waals surface area contributed by atoms with Crippen molar-refractivity contribution in [1.29, 1.82) is 0 Å². The van der Waals surface area contributed by atoms with Crippen LogP contribution < -0.4 is 5.32 Å². The molecule has 4 rings (SSSR count). The normalized spacial score (nSPS) is 14.4. The highest BCUT2D eigenvalue weighted by atomic mass is 32.2. The molecule has 0 unspecified atom stereocenters. The molecule has 3 amide bonds. The number of para-hydroxylation sites is 1. The Morgan fingerprint density at radius 1 is 1.22 bits per heavy atom. The molecule has 0 saturated carbocycles. The number of thioether (sulfide) groups is 1. The van der Waals surface area contributed by atoms with Gasteiger partial charge in [0.05, 0.1) is 17.5 Å². The maximum absolute atomic E-state index is 12.0. The molecule has 1 aliphatic heterocycles. The number of pyridine rings is 1. The molecular weight excluding hydrogens is 364 g/mol. The summed E-state index contributed by atoms with van der Waals surface area (Å²) in [6.07, 6.45) is 2.63. The summed E-state index contributed by atoms with van der Waals surface area (Å²) in [6.45, 7) is 0.488. The number of nitrogens with one attached hydrogen (secondary N) is 2. The number of benzene rings is 1. The number of imide groups is 1. The van der Waals surface area contributed by atoms with Gasteiger partial charge in [0.2, 0.25) is 11.8 Å². The molecule has 2 N–H and O–H groups in total. The predicted molar refractivity (Wildman–Crippen MR) is 104 cm³/mol. The van der Waals surface area contributed by atoms with E-state index in [1.807, 2.05) is 24.3 Å². The van der Waals surface area contributed by atoms with Crippen LogP contribution in [-0.2, 0) is 16.0 Å². The van der Waals surface area contributed by atoms with Crippen molar-refractivity contribution < 1.29 is 14.4 Å². The maximum atomic E-state index is 12.0. The lowest BCUT2D eigenvalue weighted by atomic mass is 10.1. The van der Waals surface area contributed by atoms with Gasteiger partial charge in [-0.15, -0.1) is 0 Å². The number of rotatable bonds is 6. The number of H-pyrrole nitrogens is 1. The second-order valence-corrected chi connectivity index (χ2v) is 7.27. The van der Waals surface area contributed by atoms with Crippen LogP contribution in [0.2, 0.25) is 0 Å². The summed E-state index contributed by atoms with van der Waals surface area (Å²) in [7, 11) is 0. The summed E-state index contributed by atoms with van der Waals surface area (Å²) < 4.78 is 0. The van der Waals surface area contributed by atoms with Crippen LogP contribution >= 0.6 is 11.8 Å². The molecule has 2 aromatic heterocycles. The van der Waals surface area contributed by atoms with E-state index in [1.54, 1.807) is 6.20 Å². The van der Waals surface area contributed by atoms with Gasteiger partial charge in [-0.05, 0) is 18.6 Å². The molecule has 0 bridgehead atoms. The van der Waals surface area contributed by atoms with E-state index in [0.29, 0.717) is 12.8 Å². The van der Waals surface area contributed by atoms with Gasteiger partial charge in [0.25, 0.3) is 5.24 Å². The highest BCUT2D eigenvalue weighted by molar-refractivity contribution is 8.14. The van der Waals surface area contributed by atoms with Gasteiger partial charge in [0.15, 0.2) is 0 Å². The van der Waals surface area contributed by atoms with E-state index in [9.17, 15) is 14.4 Å². The minimum atomic E-state index is -0.245. The Bertz CT molecular complexity index is 1030. The fourth-order valence-electron chi connectivity index (χ4n) is 3.16. The molecule has 3 aromatic rings. The SMILES string of the molecule is O=C(CCc1cc2c(cn1)[nH]c1ccccc12)NCCN1C(=O)CSC1=O. The molecule has 0 aliphatic carbocycles. The average molecular weight is 382 g/mol. The zero-order chi connectivity index (χ0) is 18.8. The Morgan fingerprint density at radius 3 is 2.89 bits per heavy atom. The van der Waals surface area contributed by atoms with Gasteiger partial charge in [0, 0.05) is 41.5 Å². The maximum Gasteiger partial charge on any atom is 0.288 e. The van der Waals surface area contributed by atoms with Crippen molar-refractivity contribution in [1.82, 2.24) is 20.2 Å². The number of aromatic amines is 1. The molecule has 1 aliphatic rings. The molecule has 0 spiro atoms. The average Bonchev–Trinajstić information content (AvgIpc) is 3.20. The number of carbonyl (C=O) groups is 3. The summed E-state index contributed by atoms with van der Waals surface area (Å²) in [6, 6.07) is 10.1. The summed E-state index contributed by atoms with van der Waals surface area (Å²) >= 11 is 0.996.